The first kappa shape index (κ1) is 13.5. The molecule has 0 aliphatic heterocycles. The molecule has 0 amide bonds. The molecule has 0 radical (unpaired) electrons. The summed E-state index contributed by atoms with van der Waals surface area (Å²) in [5.41, 5.74) is 0.998. The summed E-state index contributed by atoms with van der Waals surface area (Å²) in [6.45, 7) is 0. The highest BCUT2D eigenvalue weighted by Gasteiger charge is 2.10. The smallest absolute Gasteiger partial charge is 0.269 e. The van der Waals surface area contributed by atoms with Crippen LogP contribution in [-0.4, -0.2) is 16.2 Å². The van der Waals surface area contributed by atoms with Crippen molar-refractivity contribution in [2.75, 3.05) is 0 Å². The van der Waals surface area contributed by atoms with Gasteiger partial charge in [0.15, 0.2) is 5.78 Å². The predicted octanol–water partition coefficient (Wildman–Crippen LogP) is 2.00. The maximum atomic E-state index is 12.0. The molecule has 0 heterocycles. The molecule has 0 saturated heterocycles. The lowest BCUT2D eigenvalue weighted by Crippen LogP contribution is -2.00. The molecule has 0 aliphatic rings. The van der Waals surface area contributed by atoms with E-state index in [-0.39, 0.29) is 16.9 Å². The molecule has 0 fully saturated rings. The SMILES string of the molecule is O.O=C(c1ccccc1)c1ccc([N+](=O)[O-])cc1. The highest BCUT2D eigenvalue weighted by molar-refractivity contribution is 6.09. The topological polar surface area (TPSA) is 91.7 Å². The lowest BCUT2D eigenvalue weighted by Gasteiger charge is -2.00. The number of carbonyl (C=O) groups is 1. The Bertz CT molecular complexity index is 549. The monoisotopic (exact) mass is 245 g/mol. The maximum Gasteiger partial charge on any atom is 0.269 e. The van der Waals surface area contributed by atoms with E-state index in [1.807, 2.05) is 6.07 Å². The number of nitro groups is 1. The summed E-state index contributed by atoms with van der Waals surface area (Å²) in [5.74, 6) is -0.138. The van der Waals surface area contributed by atoms with Crippen molar-refractivity contribution in [1.29, 1.82) is 0 Å². The fourth-order valence-corrected chi connectivity index (χ4v) is 1.49. The van der Waals surface area contributed by atoms with Crippen LogP contribution in [0.3, 0.4) is 0 Å². The van der Waals surface area contributed by atoms with Crippen LogP contribution in [0.4, 0.5) is 5.69 Å². The second-order valence-electron chi connectivity index (χ2n) is 3.50. The minimum atomic E-state index is -0.489. The second-order valence-corrected chi connectivity index (χ2v) is 3.50. The van der Waals surface area contributed by atoms with E-state index in [2.05, 4.69) is 0 Å². The van der Waals surface area contributed by atoms with Crippen molar-refractivity contribution in [2.24, 2.45) is 0 Å². The van der Waals surface area contributed by atoms with Crippen LogP contribution in [-0.2, 0) is 0 Å². The number of rotatable bonds is 3. The van der Waals surface area contributed by atoms with Gasteiger partial charge in [-0.05, 0) is 12.1 Å². The van der Waals surface area contributed by atoms with Crippen LogP contribution >= 0.6 is 0 Å². The molecule has 2 aromatic rings. The molecule has 0 unspecified atom stereocenters. The number of nitro benzene ring substituents is 1. The van der Waals surface area contributed by atoms with Gasteiger partial charge < -0.3 is 5.48 Å². The standard InChI is InChI=1S/C13H9NO3.H2O/c15-13(10-4-2-1-3-5-10)11-6-8-12(9-7-11)14(16)17;/h1-9H;1H2. The first-order valence-corrected chi connectivity index (χ1v) is 5.02. The largest absolute Gasteiger partial charge is 0.412 e. The Balaban J connectivity index is 0.00000162. The van der Waals surface area contributed by atoms with Gasteiger partial charge in [0.25, 0.3) is 5.69 Å². The second kappa shape index (κ2) is 5.70. The number of ketones is 1. The molecule has 0 aliphatic carbocycles. The van der Waals surface area contributed by atoms with Crippen molar-refractivity contribution in [1.82, 2.24) is 0 Å². The van der Waals surface area contributed by atoms with Gasteiger partial charge in [0.05, 0.1) is 4.92 Å². The van der Waals surface area contributed by atoms with Gasteiger partial charge in [-0.15, -0.1) is 0 Å². The number of hydrogen-bond donors (Lipinski definition) is 0. The van der Waals surface area contributed by atoms with Crippen LogP contribution in [0.2, 0.25) is 0 Å². The quantitative estimate of drug-likeness (QED) is 0.470. The summed E-state index contributed by atoms with van der Waals surface area (Å²) in [7, 11) is 0. The summed E-state index contributed by atoms with van der Waals surface area (Å²) < 4.78 is 0. The van der Waals surface area contributed by atoms with Gasteiger partial charge in [0.2, 0.25) is 0 Å². The van der Waals surface area contributed by atoms with Gasteiger partial charge in [-0.2, -0.15) is 0 Å². The third kappa shape index (κ3) is 2.78. The highest BCUT2D eigenvalue weighted by atomic mass is 16.6. The zero-order chi connectivity index (χ0) is 12.3. The summed E-state index contributed by atoms with van der Waals surface area (Å²) in [6, 6.07) is 14.4. The summed E-state index contributed by atoms with van der Waals surface area (Å²) in [6.07, 6.45) is 0. The first-order valence-electron chi connectivity index (χ1n) is 5.02. The normalized spacial score (nSPS) is 9.33. The zero-order valence-corrected chi connectivity index (χ0v) is 9.37. The van der Waals surface area contributed by atoms with E-state index < -0.39 is 4.92 Å². The van der Waals surface area contributed by atoms with Crippen molar-refractivity contribution in [3.63, 3.8) is 0 Å². The lowest BCUT2D eigenvalue weighted by atomic mass is 10.0. The summed E-state index contributed by atoms with van der Waals surface area (Å²) in [4.78, 5) is 21.9. The summed E-state index contributed by atoms with van der Waals surface area (Å²) >= 11 is 0. The van der Waals surface area contributed by atoms with E-state index in [4.69, 9.17) is 0 Å². The lowest BCUT2D eigenvalue weighted by molar-refractivity contribution is -0.384. The third-order valence-electron chi connectivity index (χ3n) is 2.38. The minimum Gasteiger partial charge on any atom is -0.412 e. The third-order valence-corrected chi connectivity index (χ3v) is 2.38. The molecule has 2 N–H and O–H groups in total. The van der Waals surface area contributed by atoms with Crippen molar-refractivity contribution in [3.8, 4) is 0 Å². The maximum absolute atomic E-state index is 12.0. The number of nitrogens with zero attached hydrogens (tertiary/aromatic N) is 1. The Labute approximate surface area is 103 Å². The van der Waals surface area contributed by atoms with E-state index >= 15 is 0 Å². The van der Waals surface area contributed by atoms with Gasteiger partial charge in [0.1, 0.15) is 0 Å². The fourth-order valence-electron chi connectivity index (χ4n) is 1.49. The molecule has 18 heavy (non-hydrogen) atoms. The number of carbonyl (C=O) groups excluding carboxylic acids is 1. The number of hydrogen-bond acceptors (Lipinski definition) is 3. The van der Waals surface area contributed by atoms with Crippen molar-refractivity contribution >= 4 is 11.5 Å². The van der Waals surface area contributed by atoms with E-state index in [0.29, 0.717) is 11.1 Å². The Morgan fingerprint density at radius 3 is 1.89 bits per heavy atom. The van der Waals surface area contributed by atoms with Crippen LogP contribution < -0.4 is 0 Å². The van der Waals surface area contributed by atoms with Crippen LogP contribution in [0.1, 0.15) is 15.9 Å². The molecule has 0 bridgehead atoms. The van der Waals surface area contributed by atoms with Crippen LogP contribution in [0.15, 0.2) is 54.6 Å². The Kier molecular flexibility index (Phi) is 4.28. The van der Waals surface area contributed by atoms with Gasteiger partial charge in [-0.1, -0.05) is 30.3 Å². The molecule has 92 valence electrons. The molecule has 0 aromatic heterocycles. The predicted molar refractivity (Wildman–Crippen MR) is 66.6 cm³/mol. The Morgan fingerprint density at radius 2 is 1.39 bits per heavy atom. The fraction of sp³-hybridized carbons (Fsp3) is 0. The molecule has 5 heteroatoms. The van der Waals surface area contributed by atoms with E-state index in [1.54, 1.807) is 24.3 Å². The number of benzene rings is 2. The minimum absolute atomic E-state index is 0. The number of non-ortho nitro benzene ring substituents is 1. The molecule has 0 atom stereocenters. The Morgan fingerprint density at radius 1 is 0.889 bits per heavy atom. The van der Waals surface area contributed by atoms with Gasteiger partial charge in [0, 0.05) is 23.3 Å². The van der Waals surface area contributed by atoms with E-state index in [9.17, 15) is 14.9 Å². The van der Waals surface area contributed by atoms with E-state index in [0.717, 1.165) is 0 Å². The molecule has 0 saturated carbocycles. The van der Waals surface area contributed by atoms with Gasteiger partial charge >= 0.3 is 0 Å². The van der Waals surface area contributed by atoms with Gasteiger partial charge in [-0.25, -0.2) is 0 Å². The Hall–Kier alpha value is -2.53. The highest BCUT2D eigenvalue weighted by Crippen LogP contribution is 2.15. The molecular formula is C13H11NO4. The molecule has 5 nitrogen and oxygen atoms in total. The van der Waals surface area contributed by atoms with Crippen molar-refractivity contribution in [3.05, 3.63) is 75.8 Å². The molecule has 2 rings (SSSR count). The average molecular weight is 245 g/mol. The average Bonchev–Trinajstić information content (AvgIpc) is 2.39. The van der Waals surface area contributed by atoms with Crippen LogP contribution in [0.5, 0.6) is 0 Å². The molecule has 0 spiro atoms. The molecular weight excluding hydrogens is 234 g/mol. The zero-order valence-electron chi connectivity index (χ0n) is 9.37. The van der Waals surface area contributed by atoms with Crippen molar-refractivity contribution < 1.29 is 15.2 Å². The van der Waals surface area contributed by atoms with Gasteiger partial charge in [-0.3, -0.25) is 14.9 Å². The van der Waals surface area contributed by atoms with Crippen LogP contribution in [0.25, 0.3) is 0 Å². The molecule has 2 aromatic carbocycles. The first-order chi connectivity index (χ1) is 8.18. The summed E-state index contributed by atoms with van der Waals surface area (Å²) in [5, 5.41) is 10.5. The van der Waals surface area contributed by atoms with Crippen molar-refractivity contribution in [2.45, 2.75) is 0 Å². The van der Waals surface area contributed by atoms with Crippen LogP contribution in [0, 0.1) is 10.1 Å². The van der Waals surface area contributed by atoms with E-state index in [1.165, 1.54) is 24.3 Å².